The molecule has 0 radical (unpaired) electrons. The van der Waals surface area contributed by atoms with Gasteiger partial charge in [0.05, 0.1) is 11.6 Å². The van der Waals surface area contributed by atoms with Gasteiger partial charge in [-0.3, -0.25) is 19.4 Å². The molecular weight excluding hydrogens is 592 g/mol. The van der Waals surface area contributed by atoms with E-state index in [4.69, 9.17) is 0 Å². The second kappa shape index (κ2) is 12.2. The summed E-state index contributed by atoms with van der Waals surface area (Å²) in [5.41, 5.74) is -1.69. The number of pyridine rings is 1. The molecule has 1 aromatic heterocycles. The Balaban J connectivity index is 1.68. The number of nitrogens with one attached hydrogen (secondary N) is 2. The average molecular weight is 617 g/mol. The molecule has 2 aliphatic rings. The highest BCUT2D eigenvalue weighted by Crippen LogP contribution is 2.37. The van der Waals surface area contributed by atoms with Gasteiger partial charge in [0.1, 0.15) is 23.4 Å². The van der Waals surface area contributed by atoms with E-state index in [1.54, 1.807) is 6.08 Å². The van der Waals surface area contributed by atoms with Crippen LogP contribution < -0.4 is 10.6 Å². The maximum Gasteiger partial charge on any atom is 0.433 e. The quantitative estimate of drug-likeness (QED) is 0.340. The number of aromatic nitrogens is 1. The van der Waals surface area contributed by atoms with Gasteiger partial charge < -0.3 is 15.5 Å². The van der Waals surface area contributed by atoms with Crippen molar-refractivity contribution in [2.75, 3.05) is 13.1 Å². The second-order valence-corrected chi connectivity index (χ2v) is 10.3. The SMILES string of the molecule is C=C=CC[C@@H]1C[C@H](C(=O)NC(c2cc(F)c(C(F)(F)F)cc2F)C2CNC(=O)C2)N(C(=O)c2ccnc(C(F)(F)F)c2)C1. The molecule has 0 bridgehead atoms. The number of allylic oxidation sites excluding steroid dienone is 1. The maximum atomic E-state index is 15.0. The lowest BCUT2D eigenvalue weighted by Gasteiger charge is -2.29. The molecule has 0 saturated carbocycles. The van der Waals surface area contributed by atoms with Crippen LogP contribution in [0.25, 0.3) is 0 Å². The summed E-state index contributed by atoms with van der Waals surface area (Å²) in [6, 6.07) is -0.969. The molecule has 3 heterocycles. The van der Waals surface area contributed by atoms with Crippen molar-refractivity contribution >= 4 is 17.7 Å². The molecule has 4 atom stereocenters. The van der Waals surface area contributed by atoms with Crippen LogP contribution in [0.15, 0.2) is 48.8 Å². The number of likely N-dealkylation sites (tertiary alicyclic amines) is 1. The van der Waals surface area contributed by atoms with E-state index in [9.17, 15) is 45.1 Å². The molecule has 3 amide bonds. The van der Waals surface area contributed by atoms with Gasteiger partial charge in [-0.1, -0.05) is 6.58 Å². The summed E-state index contributed by atoms with van der Waals surface area (Å²) >= 11 is 0. The van der Waals surface area contributed by atoms with E-state index in [2.05, 4.69) is 27.9 Å². The first-order valence-electron chi connectivity index (χ1n) is 12.9. The third-order valence-corrected chi connectivity index (χ3v) is 7.35. The van der Waals surface area contributed by atoms with Crippen LogP contribution in [0.4, 0.5) is 35.1 Å². The summed E-state index contributed by atoms with van der Waals surface area (Å²) in [7, 11) is 0. The van der Waals surface area contributed by atoms with Gasteiger partial charge in [0.25, 0.3) is 5.91 Å². The molecule has 0 spiro atoms. The zero-order chi connectivity index (χ0) is 31.7. The van der Waals surface area contributed by atoms with Gasteiger partial charge in [0, 0.05) is 42.8 Å². The predicted molar refractivity (Wildman–Crippen MR) is 134 cm³/mol. The van der Waals surface area contributed by atoms with Gasteiger partial charge in [-0.25, -0.2) is 8.78 Å². The van der Waals surface area contributed by atoms with Crippen molar-refractivity contribution in [3.05, 3.63) is 82.9 Å². The normalized spacial score (nSPS) is 21.3. The van der Waals surface area contributed by atoms with Crippen molar-refractivity contribution in [2.24, 2.45) is 11.8 Å². The molecule has 2 aliphatic heterocycles. The third-order valence-electron chi connectivity index (χ3n) is 7.35. The zero-order valence-electron chi connectivity index (χ0n) is 22.2. The number of nitrogens with zero attached hydrogens (tertiary/aromatic N) is 2. The second-order valence-electron chi connectivity index (χ2n) is 10.3. The molecule has 15 heteroatoms. The number of rotatable bonds is 7. The zero-order valence-corrected chi connectivity index (χ0v) is 22.2. The number of amides is 3. The van der Waals surface area contributed by atoms with Crippen LogP contribution in [0.1, 0.15) is 52.5 Å². The minimum Gasteiger partial charge on any atom is -0.356 e. The van der Waals surface area contributed by atoms with Gasteiger partial charge in [-0.05, 0) is 49.1 Å². The number of halogens is 8. The number of benzene rings is 1. The Morgan fingerprint density at radius 2 is 1.86 bits per heavy atom. The highest BCUT2D eigenvalue weighted by molar-refractivity contribution is 5.98. The minimum atomic E-state index is -5.20. The van der Waals surface area contributed by atoms with Crippen molar-refractivity contribution < 1.29 is 49.5 Å². The molecule has 2 N–H and O–H groups in total. The van der Waals surface area contributed by atoms with Gasteiger partial charge >= 0.3 is 12.4 Å². The minimum absolute atomic E-state index is 0.00534. The first kappa shape index (κ1) is 31.7. The van der Waals surface area contributed by atoms with Crippen molar-refractivity contribution in [3.63, 3.8) is 0 Å². The van der Waals surface area contributed by atoms with Gasteiger partial charge in [0.15, 0.2) is 0 Å². The molecule has 0 aliphatic carbocycles. The fourth-order valence-electron chi connectivity index (χ4n) is 5.28. The Hall–Kier alpha value is -4.26. The van der Waals surface area contributed by atoms with Crippen LogP contribution in [-0.2, 0) is 21.9 Å². The largest absolute Gasteiger partial charge is 0.433 e. The highest BCUT2D eigenvalue weighted by atomic mass is 19.4. The topological polar surface area (TPSA) is 91.4 Å². The van der Waals surface area contributed by atoms with E-state index in [1.165, 1.54) is 0 Å². The van der Waals surface area contributed by atoms with Crippen molar-refractivity contribution in [1.29, 1.82) is 0 Å². The number of carbonyl (C=O) groups is 3. The Labute approximate surface area is 239 Å². The number of alkyl halides is 6. The summed E-state index contributed by atoms with van der Waals surface area (Å²) in [4.78, 5) is 43.2. The van der Waals surface area contributed by atoms with Crippen LogP contribution in [0, 0.1) is 23.5 Å². The van der Waals surface area contributed by atoms with Crippen LogP contribution in [-0.4, -0.2) is 46.7 Å². The molecule has 1 aromatic carbocycles. The third kappa shape index (κ3) is 7.04. The first-order chi connectivity index (χ1) is 20.1. The van der Waals surface area contributed by atoms with E-state index in [0.29, 0.717) is 18.6 Å². The van der Waals surface area contributed by atoms with Crippen LogP contribution in [0.5, 0.6) is 0 Å². The predicted octanol–water partition coefficient (Wildman–Crippen LogP) is 4.95. The van der Waals surface area contributed by atoms with Gasteiger partial charge in [-0.15, -0.1) is 5.73 Å². The molecule has 230 valence electrons. The molecule has 2 aromatic rings. The van der Waals surface area contributed by atoms with Crippen LogP contribution >= 0.6 is 0 Å². The van der Waals surface area contributed by atoms with Crippen molar-refractivity contribution in [1.82, 2.24) is 20.5 Å². The van der Waals surface area contributed by atoms with Gasteiger partial charge in [-0.2, -0.15) is 26.3 Å². The summed E-state index contributed by atoms with van der Waals surface area (Å²) in [6.45, 7) is 3.25. The number of hydrogen-bond donors (Lipinski definition) is 2. The summed E-state index contributed by atoms with van der Waals surface area (Å²) in [5, 5.41) is 4.93. The van der Waals surface area contributed by atoms with Crippen molar-refractivity contribution in [2.45, 2.75) is 43.7 Å². The molecule has 2 unspecified atom stereocenters. The highest BCUT2D eigenvalue weighted by Gasteiger charge is 2.43. The van der Waals surface area contributed by atoms with E-state index in [0.717, 1.165) is 17.2 Å². The summed E-state index contributed by atoms with van der Waals surface area (Å²) in [5.74, 6) is -6.90. The molecule has 2 saturated heterocycles. The molecule has 2 fully saturated rings. The maximum absolute atomic E-state index is 15.0. The molecule has 7 nitrogen and oxygen atoms in total. The van der Waals surface area contributed by atoms with E-state index >= 15 is 4.39 Å². The fourth-order valence-corrected chi connectivity index (χ4v) is 5.28. The standard InChI is InChI=1S/C28H24F8N4O3/c1-2-3-4-14-7-21(40(13-14)26(43)15-5-6-37-22(8-15)28(34,35)36)25(42)39-24(16-9-23(41)38-12-16)17-10-20(30)18(11-19(17)29)27(31,32)33/h3,5-6,8,10-11,14,16,21,24H,1,4,7,9,12-13H2,(H,38,41)(H,39,42)/t14-,16?,21-,24?/m1/s1. The molecular formula is C28H24F8N4O3. The van der Waals surface area contributed by atoms with Gasteiger partial charge in [0.2, 0.25) is 11.8 Å². The summed E-state index contributed by atoms with van der Waals surface area (Å²) < 4.78 is 109. The van der Waals surface area contributed by atoms with E-state index < -0.39 is 82.1 Å². The number of hydrogen-bond acceptors (Lipinski definition) is 4. The monoisotopic (exact) mass is 616 g/mol. The van der Waals surface area contributed by atoms with Crippen molar-refractivity contribution in [3.8, 4) is 0 Å². The Morgan fingerprint density at radius 3 is 2.47 bits per heavy atom. The molecule has 43 heavy (non-hydrogen) atoms. The van der Waals surface area contributed by atoms with Crippen LogP contribution in [0.2, 0.25) is 0 Å². The smallest absolute Gasteiger partial charge is 0.356 e. The Kier molecular flexibility index (Phi) is 8.95. The van der Waals surface area contributed by atoms with Crippen LogP contribution in [0.3, 0.4) is 0 Å². The first-order valence-corrected chi connectivity index (χ1v) is 12.9. The number of carbonyl (C=O) groups excluding carboxylic acids is 3. The lowest BCUT2D eigenvalue weighted by atomic mass is 9.90. The summed E-state index contributed by atoms with van der Waals surface area (Å²) in [6.07, 6.45) is -7.69. The lowest BCUT2D eigenvalue weighted by molar-refractivity contribution is -0.141. The average Bonchev–Trinajstić information content (AvgIpc) is 3.56. The Morgan fingerprint density at radius 1 is 1.14 bits per heavy atom. The molecule has 4 rings (SSSR count). The lowest BCUT2D eigenvalue weighted by Crippen LogP contribution is -2.48. The fraction of sp³-hybridized carbons (Fsp3) is 0.393. The van der Waals surface area contributed by atoms with E-state index in [-0.39, 0.29) is 37.9 Å². The van der Waals surface area contributed by atoms with E-state index in [1.807, 2.05) is 0 Å². The Bertz CT molecular complexity index is 1470.